The Morgan fingerprint density at radius 2 is 1.78 bits per heavy atom. The average molecular weight is 381 g/mol. The summed E-state index contributed by atoms with van der Waals surface area (Å²) in [5.41, 5.74) is 2.21. The molecule has 0 radical (unpaired) electrons. The van der Waals surface area contributed by atoms with Crippen molar-refractivity contribution in [3.63, 3.8) is 0 Å². The van der Waals surface area contributed by atoms with Gasteiger partial charge in [-0.15, -0.1) is 5.10 Å². The van der Waals surface area contributed by atoms with Crippen molar-refractivity contribution >= 4 is 17.6 Å². The molecule has 0 unspecified atom stereocenters. The Kier molecular flexibility index (Phi) is 4.39. The fourth-order valence-corrected chi connectivity index (χ4v) is 2.93. The molecule has 0 aliphatic heterocycles. The van der Waals surface area contributed by atoms with Crippen LogP contribution in [0.4, 0.5) is 0 Å². The zero-order valence-electron chi connectivity index (χ0n) is 14.2. The lowest BCUT2D eigenvalue weighted by Gasteiger charge is -2.06. The molecule has 0 bridgehead atoms. The van der Waals surface area contributed by atoms with E-state index in [1.54, 1.807) is 31.2 Å². The summed E-state index contributed by atoms with van der Waals surface area (Å²) >= 11 is 6.39. The van der Waals surface area contributed by atoms with Gasteiger partial charge in [-0.1, -0.05) is 29.8 Å². The van der Waals surface area contributed by atoms with E-state index < -0.39 is 5.97 Å². The second kappa shape index (κ2) is 7.00. The summed E-state index contributed by atoms with van der Waals surface area (Å²) in [6.07, 6.45) is 1.47. The van der Waals surface area contributed by atoms with Crippen molar-refractivity contribution in [3.05, 3.63) is 77.3 Å². The quantitative estimate of drug-likeness (QED) is 0.399. The minimum absolute atomic E-state index is 0.203. The van der Waals surface area contributed by atoms with Gasteiger partial charge in [-0.3, -0.25) is 0 Å². The highest BCUT2D eigenvalue weighted by atomic mass is 35.5. The van der Waals surface area contributed by atoms with Crippen LogP contribution in [0.15, 0.2) is 60.9 Å². The Labute approximate surface area is 159 Å². The highest BCUT2D eigenvalue weighted by molar-refractivity contribution is 6.33. The molecule has 0 N–H and O–H groups in total. The number of esters is 1. The Morgan fingerprint density at radius 1 is 1.04 bits per heavy atom. The first-order chi connectivity index (χ1) is 13.1. The number of ether oxygens (including phenoxy) is 1. The van der Waals surface area contributed by atoms with Crippen LogP contribution >= 0.6 is 11.6 Å². The van der Waals surface area contributed by atoms with Crippen molar-refractivity contribution in [2.75, 3.05) is 0 Å². The van der Waals surface area contributed by atoms with Gasteiger partial charge < -0.3 is 4.74 Å². The highest BCUT2D eigenvalue weighted by Gasteiger charge is 2.23. The second-order valence-electron chi connectivity index (χ2n) is 5.64. The van der Waals surface area contributed by atoms with Crippen LogP contribution in [-0.4, -0.2) is 36.0 Å². The van der Waals surface area contributed by atoms with Gasteiger partial charge >= 0.3 is 5.97 Å². The van der Waals surface area contributed by atoms with Gasteiger partial charge in [-0.2, -0.15) is 5.10 Å². The van der Waals surface area contributed by atoms with Crippen LogP contribution in [0.5, 0.6) is 5.75 Å². The van der Waals surface area contributed by atoms with E-state index in [-0.39, 0.29) is 10.7 Å². The van der Waals surface area contributed by atoms with E-state index in [0.29, 0.717) is 11.4 Å². The predicted molar refractivity (Wildman–Crippen MR) is 97.4 cm³/mol. The first-order valence-corrected chi connectivity index (χ1v) is 8.37. The fraction of sp³-hybridized carbons (Fsp3) is 0.0556. The number of hydrogen-bond acceptors (Lipinski definition) is 6. The van der Waals surface area contributed by atoms with Crippen LogP contribution in [0.1, 0.15) is 16.1 Å². The van der Waals surface area contributed by atoms with Gasteiger partial charge in [-0.05, 0) is 53.7 Å². The first kappa shape index (κ1) is 16.9. The third kappa shape index (κ3) is 3.30. The molecular formula is C18H13ClN6O2. The summed E-state index contributed by atoms with van der Waals surface area (Å²) in [4.78, 5) is 12.6. The highest BCUT2D eigenvalue weighted by Crippen LogP contribution is 2.25. The number of aryl methyl sites for hydroxylation is 1. The van der Waals surface area contributed by atoms with E-state index in [0.717, 1.165) is 11.4 Å². The molecule has 8 nitrogen and oxygen atoms in total. The summed E-state index contributed by atoms with van der Waals surface area (Å²) in [7, 11) is 0. The van der Waals surface area contributed by atoms with Gasteiger partial charge in [-0.25, -0.2) is 14.2 Å². The van der Waals surface area contributed by atoms with Gasteiger partial charge in [0.15, 0.2) is 0 Å². The fourth-order valence-electron chi connectivity index (χ4n) is 2.58. The zero-order chi connectivity index (χ0) is 18.8. The molecule has 2 aromatic heterocycles. The topological polar surface area (TPSA) is 87.7 Å². The predicted octanol–water partition coefficient (Wildman–Crippen LogP) is 3.03. The molecule has 0 aliphatic rings. The molecule has 9 heteroatoms. The van der Waals surface area contributed by atoms with Crippen molar-refractivity contribution in [1.82, 2.24) is 30.0 Å². The van der Waals surface area contributed by atoms with Gasteiger partial charge in [0.1, 0.15) is 22.8 Å². The molecule has 4 aromatic rings. The molecule has 0 saturated carbocycles. The van der Waals surface area contributed by atoms with E-state index in [4.69, 9.17) is 16.3 Å². The van der Waals surface area contributed by atoms with Crippen molar-refractivity contribution < 1.29 is 9.53 Å². The Bertz CT molecular complexity index is 1080. The maximum atomic E-state index is 12.6. The van der Waals surface area contributed by atoms with Crippen LogP contribution in [0.2, 0.25) is 5.15 Å². The van der Waals surface area contributed by atoms with E-state index in [9.17, 15) is 4.79 Å². The third-order valence-electron chi connectivity index (χ3n) is 3.87. The smallest absolute Gasteiger partial charge is 0.348 e. The molecule has 0 atom stereocenters. The number of carbonyl (C=O) groups excluding carboxylic acids is 1. The van der Waals surface area contributed by atoms with Crippen molar-refractivity contribution in [1.29, 1.82) is 0 Å². The molecule has 0 fully saturated rings. The lowest BCUT2D eigenvalue weighted by Crippen LogP contribution is -2.10. The monoisotopic (exact) mass is 380 g/mol. The van der Waals surface area contributed by atoms with Gasteiger partial charge in [0.05, 0.1) is 17.1 Å². The normalized spacial score (nSPS) is 10.7. The standard InChI is InChI=1S/C18H13ClN6O2/c1-12-16(17(19)25(21-12)14-5-3-2-4-6-14)18(26)27-15-9-7-13(8-10-15)24-11-20-22-23-24/h2-11H,1H3. The molecule has 134 valence electrons. The van der Waals surface area contributed by atoms with Crippen molar-refractivity contribution in [3.8, 4) is 17.1 Å². The molecule has 0 aliphatic carbocycles. The molecular weight excluding hydrogens is 368 g/mol. The van der Waals surface area contributed by atoms with Gasteiger partial charge in [0.2, 0.25) is 0 Å². The number of carbonyl (C=O) groups is 1. The number of tetrazole rings is 1. The summed E-state index contributed by atoms with van der Waals surface area (Å²) in [6, 6.07) is 16.1. The van der Waals surface area contributed by atoms with E-state index in [1.807, 2.05) is 30.3 Å². The number of para-hydroxylation sites is 1. The zero-order valence-corrected chi connectivity index (χ0v) is 14.9. The first-order valence-electron chi connectivity index (χ1n) is 7.99. The van der Waals surface area contributed by atoms with E-state index in [1.165, 1.54) is 15.7 Å². The molecule has 27 heavy (non-hydrogen) atoms. The second-order valence-corrected chi connectivity index (χ2v) is 5.99. The number of benzene rings is 2. The Morgan fingerprint density at radius 3 is 2.44 bits per heavy atom. The van der Waals surface area contributed by atoms with Gasteiger partial charge in [0, 0.05) is 0 Å². The molecule has 0 amide bonds. The number of nitrogens with zero attached hydrogens (tertiary/aromatic N) is 6. The summed E-state index contributed by atoms with van der Waals surface area (Å²) in [5, 5.41) is 15.5. The lowest BCUT2D eigenvalue weighted by atomic mass is 10.2. The summed E-state index contributed by atoms with van der Waals surface area (Å²) in [6.45, 7) is 1.71. The Hall–Kier alpha value is -3.52. The van der Waals surface area contributed by atoms with Crippen molar-refractivity contribution in [2.24, 2.45) is 0 Å². The molecule has 4 rings (SSSR count). The van der Waals surface area contributed by atoms with E-state index >= 15 is 0 Å². The maximum Gasteiger partial charge on any atom is 0.348 e. The summed E-state index contributed by atoms with van der Waals surface area (Å²) in [5.74, 6) is -0.199. The van der Waals surface area contributed by atoms with Crippen LogP contribution in [0.25, 0.3) is 11.4 Å². The van der Waals surface area contributed by atoms with Crippen LogP contribution in [0.3, 0.4) is 0 Å². The lowest BCUT2D eigenvalue weighted by molar-refractivity contribution is 0.0734. The Balaban J connectivity index is 1.58. The van der Waals surface area contributed by atoms with Crippen LogP contribution in [0, 0.1) is 6.92 Å². The third-order valence-corrected chi connectivity index (χ3v) is 4.22. The number of rotatable bonds is 4. The molecule has 2 heterocycles. The average Bonchev–Trinajstić information content (AvgIpc) is 3.31. The van der Waals surface area contributed by atoms with Gasteiger partial charge in [0.25, 0.3) is 0 Å². The molecule has 0 spiro atoms. The molecule has 2 aromatic carbocycles. The minimum Gasteiger partial charge on any atom is -0.423 e. The largest absolute Gasteiger partial charge is 0.423 e. The maximum absolute atomic E-state index is 12.6. The minimum atomic E-state index is -0.574. The number of hydrogen-bond donors (Lipinski definition) is 0. The summed E-state index contributed by atoms with van der Waals surface area (Å²) < 4.78 is 8.45. The SMILES string of the molecule is Cc1nn(-c2ccccc2)c(Cl)c1C(=O)Oc1ccc(-n2cnnn2)cc1. The molecule has 0 saturated heterocycles. The van der Waals surface area contributed by atoms with Crippen molar-refractivity contribution in [2.45, 2.75) is 6.92 Å². The van der Waals surface area contributed by atoms with Crippen LogP contribution < -0.4 is 4.74 Å². The number of halogens is 1. The number of aromatic nitrogens is 6. The van der Waals surface area contributed by atoms with E-state index in [2.05, 4.69) is 20.6 Å². The van der Waals surface area contributed by atoms with Crippen LogP contribution in [-0.2, 0) is 0 Å².